The second kappa shape index (κ2) is 10.6. The maximum Gasteiger partial charge on any atom is 0.193 e. The Kier molecular flexibility index (Phi) is 7.93. The summed E-state index contributed by atoms with van der Waals surface area (Å²) in [6.45, 7) is 10.8. The number of nitrogens with zero attached hydrogens (tertiary/aromatic N) is 5. The van der Waals surface area contributed by atoms with Crippen LogP contribution in [0.4, 0.5) is 0 Å². The Balaban J connectivity index is 1.49. The third kappa shape index (κ3) is 5.67. The monoisotopic (exact) mass is 376 g/mol. The molecular formula is C20H36N6O. The molecule has 1 saturated heterocycles. The maximum absolute atomic E-state index is 5.60. The number of guanidine groups is 1. The van der Waals surface area contributed by atoms with Crippen LogP contribution in [0.15, 0.2) is 4.99 Å². The molecule has 1 aromatic rings. The Bertz CT molecular complexity index is 599. The van der Waals surface area contributed by atoms with E-state index in [1.54, 1.807) is 0 Å². The molecule has 1 N–H and O–H groups in total. The van der Waals surface area contributed by atoms with E-state index in [-0.39, 0.29) is 0 Å². The van der Waals surface area contributed by atoms with Crippen LogP contribution in [0.5, 0.6) is 0 Å². The molecule has 1 fully saturated rings. The molecule has 2 aliphatic heterocycles. The Morgan fingerprint density at radius 3 is 3.00 bits per heavy atom. The number of nitrogens with one attached hydrogen (secondary N) is 1. The van der Waals surface area contributed by atoms with Crippen LogP contribution in [0.3, 0.4) is 0 Å². The first-order valence-electron chi connectivity index (χ1n) is 10.8. The lowest BCUT2D eigenvalue weighted by Gasteiger charge is -2.21. The number of hydrogen-bond donors (Lipinski definition) is 1. The fourth-order valence-electron chi connectivity index (χ4n) is 4.02. The van der Waals surface area contributed by atoms with E-state index in [1.165, 1.54) is 31.5 Å². The van der Waals surface area contributed by atoms with Crippen molar-refractivity contribution in [3.63, 3.8) is 0 Å². The molecule has 7 nitrogen and oxygen atoms in total. The van der Waals surface area contributed by atoms with E-state index in [2.05, 4.69) is 38.8 Å². The summed E-state index contributed by atoms with van der Waals surface area (Å²) in [7, 11) is 0. The van der Waals surface area contributed by atoms with E-state index in [0.717, 1.165) is 77.0 Å². The maximum atomic E-state index is 5.60. The van der Waals surface area contributed by atoms with Crippen molar-refractivity contribution >= 4 is 5.96 Å². The predicted octanol–water partition coefficient (Wildman–Crippen LogP) is 2.26. The minimum atomic E-state index is 0.625. The number of fused-ring (bicyclic) bond motifs is 1. The number of ether oxygens (including phenoxy) is 1. The molecule has 0 aliphatic carbocycles. The van der Waals surface area contributed by atoms with Crippen LogP contribution in [0, 0.1) is 5.92 Å². The van der Waals surface area contributed by atoms with Crippen molar-refractivity contribution < 1.29 is 4.74 Å². The topological polar surface area (TPSA) is 67.6 Å². The summed E-state index contributed by atoms with van der Waals surface area (Å²) < 4.78 is 7.95. The number of aromatic nitrogens is 3. The van der Waals surface area contributed by atoms with Crippen molar-refractivity contribution in [1.29, 1.82) is 0 Å². The van der Waals surface area contributed by atoms with Crippen LogP contribution in [0.1, 0.15) is 57.6 Å². The van der Waals surface area contributed by atoms with Gasteiger partial charge in [0.05, 0.1) is 6.61 Å². The van der Waals surface area contributed by atoms with Crippen molar-refractivity contribution in [2.75, 3.05) is 39.4 Å². The summed E-state index contributed by atoms with van der Waals surface area (Å²) in [5.74, 6) is 4.00. The molecule has 2 aliphatic rings. The average Bonchev–Trinajstić information content (AvgIpc) is 3.23. The first kappa shape index (κ1) is 20.1. The molecule has 3 rings (SSSR count). The Labute approximate surface area is 163 Å². The zero-order chi connectivity index (χ0) is 18.9. The number of likely N-dealkylation sites (tertiary alicyclic amines) is 1. The summed E-state index contributed by atoms with van der Waals surface area (Å²) in [6.07, 6.45) is 8.04. The van der Waals surface area contributed by atoms with Crippen molar-refractivity contribution in [3.05, 3.63) is 11.6 Å². The van der Waals surface area contributed by atoms with Crippen LogP contribution in [-0.4, -0.2) is 65.0 Å². The molecule has 0 amide bonds. The lowest BCUT2D eigenvalue weighted by atomic mass is 10.1. The summed E-state index contributed by atoms with van der Waals surface area (Å²) in [5.41, 5.74) is 0. The highest BCUT2D eigenvalue weighted by Gasteiger charge is 2.24. The highest BCUT2D eigenvalue weighted by Crippen LogP contribution is 2.17. The van der Waals surface area contributed by atoms with Crippen LogP contribution in [0.25, 0.3) is 0 Å². The van der Waals surface area contributed by atoms with Crippen molar-refractivity contribution in [2.24, 2.45) is 10.9 Å². The van der Waals surface area contributed by atoms with Gasteiger partial charge in [0, 0.05) is 58.1 Å². The van der Waals surface area contributed by atoms with Gasteiger partial charge < -0.3 is 19.5 Å². The average molecular weight is 377 g/mol. The van der Waals surface area contributed by atoms with Crippen LogP contribution in [-0.2, 0) is 24.1 Å². The fraction of sp³-hybridized carbons (Fsp3) is 0.850. The summed E-state index contributed by atoms with van der Waals surface area (Å²) in [6, 6.07) is 0. The van der Waals surface area contributed by atoms with Gasteiger partial charge in [-0.1, -0.05) is 6.42 Å². The first-order chi connectivity index (χ1) is 13.3. The van der Waals surface area contributed by atoms with Gasteiger partial charge in [0.15, 0.2) is 5.96 Å². The Morgan fingerprint density at radius 2 is 2.15 bits per heavy atom. The van der Waals surface area contributed by atoms with E-state index < -0.39 is 0 Å². The van der Waals surface area contributed by atoms with Gasteiger partial charge in [-0.3, -0.25) is 4.99 Å². The van der Waals surface area contributed by atoms with Gasteiger partial charge in [0.25, 0.3) is 0 Å². The molecule has 0 saturated carbocycles. The lowest BCUT2D eigenvalue weighted by molar-refractivity contribution is 0.114. The van der Waals surface area contributed by atoms with E-state index in [0.29, 0.717) is 5.92 Å². The number of hydrogen-bond acceptors (Lipinski definition) is 4. The second-order valence-corrected chi connectivity index (χ2v) is 7.59. The molecule has 27 heavy (non-hydrogen) atoms. The van der Waals surface area contributed by atoms with E-state index in [1.807, 2.05) is 0 Å². The number of aliphatic imine (C=N–C) groups is 1. The molecule has 0 radical (unpaired) electrons. The van der Waals surface area contributed by atoms with E-state index in [4.69, 9.17) is 9.73 Å². The molecule has 0 aromatic carbocycles. The Hall–Kier alpha value is -1.63. The fourth-order valence-corrected chi connectivity index (χ4v) is 4.02. The molecule has 0 spiro atoms. The molecular weight excluding hydrogens is 340 g/mol. The molecule has 1 unspecified atom stereocenters. The minimum absolute atomic E-state index is 0.625. The predicted molar refractivity (Wildman–Crippen MR) is 108 cm³/mol. The summed E-state index contributed by atoms with van der Waals surface area (Å²) in [5, 5.41) is 12.3. The lowest BCUT2D eigenvalue weighted by Crippen LogP contribution is -2.40. The molecule has 0 bridgehead atoms. The smallest absolute Gasteiger partial charge is 0.193 e. The number of aryl methyl sites for hydroxylation is 2. The summed E-state index contributed by atoms with van der Waals surface area (Å²) >= 11 is 0. The highest BCUT2D eigenvalue weighted by molar-refractivity contribution is 5.80. The van der Waals surface area contributed by atoms with E-state index in [9.17, 15) is 0 Å². The third-order valence-corrected chi connectivity index (χ3v) is 5.48. The molecule has 1 aromatic heterocycles. The van der Waals surface area contributed by atoms with Gasteiger partial charge in [0.1, 0.15) is 11.6 Å². The minimum Gasteiger partial charge on any atom is -0.381 e. The quantitative estimate of drug-likeness (QED) is 0.428. The van der Waals surface area contributed by atoms with Crippen LogP contribution < -0.4 is 5.32 Å². The number of rotatable bonds is 8. The van der Waals surface area contributed by atoms with Gasteiger partial charge in [-0.25, -0.2) is 0 Å². The summed E-state index contributed by atoms with van der Waals surface area (Å²) in [4.78, 5) is 7.26. The molecule has 1 atom stereocenters. The molecule has 152 valence electrons. The normalized spacial score (nSPS) is 20.6. The van der Waals surface area contributed by atoms with Crippen LogP contribution in [0.2, 0.25) is 0 Å². The van der Waals surface area contributed by atoms with Gasteiger partial charge in [-0.15, -0.1) is 10.2 Å². The zero-order valence-corrected chi connectivity index (χ0v) is 17.1. The van der Waals surface area contributed by atoms with Gasteiger partial charge >= 0.3 is 0 Å². The zero-order valence-electron chi connectivity index (χ0n) is 17.1. The third-order valence-electron chi connectivity index (χ3n) is 5.48. The molecule has 3 heterocycles. The Morgan fingerprint density at radius 1 is 1.22 bits per heavy atom. The van der Waals surface area contributed by atoms with E-state index >= 15 is 0 Å². The molecule has 7 heteroatoms. The van der Waals surface area contributed by atoms with Gasteiger partial charge in [0.2, 0.25) is 0 Å². The van der Waals surface area contributed by atoms with Crippen molar-refractivity contribution in [3.8, 4) is 0 Å². The van der Waals surface area contributed by atoms with Crippen molar-refractivity contribution in [1.82, 2.24) is 25.0 Å². The van der Waals surface area contributed by atoms with Crippen LogP contribution >= 0.6 is 0 Å². The SMILES string of the molecule is CCNC(=NCCCc1nnc2n1CCCCC2)N1CCC(COCC)C1. The first-order valence-corrected chi connectivity index (χ1v) is 10.8. The van der Waals surface area contributed by atoms with Crippen molar-refractivity contribution in [2.45, 2.75) is 65.3 Å². The second-order valence-electron chi connectivity index (χ2n) is 7.59. The highest BCUT2D eigenvalue weighted by atomic mass is 16.5. The standard InChI is InChI=1S/C20H36N6O/c1-3-21-20(25-14-11-17(15-25)16-27-4-2)22-12-8-10-19-24-23-18-9-6-5-7-13-26(18)19/h17H,3-16H2,1-2H3,(H,21,22). The largest absolute Gasteiger partial charge is 0.381 e. The van der Waals surface area contributed by atoms with Gasteiger partial charge in [-0.2, -0.15) is 0 Å². The van der Waals surface area contributed by atoms with Gasteiger partial charge in [-0.05, 0) is 39.5 Å².